The molecule has 0 saturated carbocycles. The monoisotopic (exact) mass is 202 g/mol. The molecule has 0 spiro atoms. The van der Waals surface area contributed by atoms with Crippen LogP contribution in [0.5, 0.6) is 5.75 Å². The predicted molar refractivity (Wildman–Crippen MR) is 50.9 cm³/mol. The Hall–Kier alpha value is -1.07. The molecule has 0 radical (unpaired) electrons. The summed E-state index contributed by atoms with van der Waals surface area (Å²) in [6.45, 7) is 0. The van der Waals surface area contributed by atoms with Gasteiger partial charge in [0.2, 0.25) is 0 Å². The fourth-order valence-electron chi connectivity index (χ4n) is 0.825. The number of anilines is 1. The number of rotatable bonds is 3. The lowest BCUT2D eigenvalue weighted by molar-refractivity contribution is 0.406. The number of methoxy groups -OCH3 is 1. The molecular formula is C7H11ClN4O. The first-order valence-electron chi connectivity index (χ1n) is 3.63. The average molecular weight is 203 g/mol. The smallest absolute Gasteiger partial charge is 0.200 e. The molecule has 0 aliphatic heterocycles. The molecule has 0 bridgehead atoms. The molecule has 0 unspecified atom stereocenters. The van der Waals surface area contributed by atoms with Crippen LogP contribution >= 0.6 is 11.6 Å². The average Bonchev–Trinajstić information content (AvgIpc) is 2.03. The highest BCUT2D eigenvalue weighted by Gasteiger charge is 2.09. The van der Waals surface area contributed by atoms with E-state index in [1.165, 1.54) is 13.4 Å². The van der Waals surface area contributed by atoms with E-state index in [9.17, 15) is 0 Å². The summed E-state index contributed by atoms with van der Waals surface area (Å²) < 4.78 is 5.03. The van der Waals surface area contributed by atoms with Gasteiger partial charge < -0.3 is 10.2 Å². The van der Waals surface area contributed by atoms with Gasteiger partial charge in [-0.1, -0.05) is 11.6 Å². The summed E-state index contributed by atoms with van der Waals surface area (Å²) in [5, 5.41) is 2.03. The van der Waals surface area contributed by atoms with Gasteiger partial charge >= 0.3 is 0 Å². The van der Waals surface area contributed by atoms with Gasteiger partial charge in [0.1, 0.15) is 6.33 Å². The molecular weight excluding hydrogens is 192 g/mol. The van der Waals surface area contributed by atoms with Gasteiger partial charge in [-0.05, 0) is 0 Å². The van der Waals surface area contributed by atoms with Crippen molar-refractivity contribution in [1.29, 1.82) is 0 Å². The normalized spacial score (nSPS) is 10.2. The Morgan fingerprint density at radius 3 is 2.69 bits per heavy atom. The van der Waals surface area contributed by atoms with Crippen molar-refractivity contribution in [2.75, 3.05) is 26.6 Å². The molecule has 1 aromatic rings. The molecule has 72 valence electrons. The zero-order chi connectivity index (χ0) is 9.84. The second-order valence-corrected chi connectivity index (χ2v) is 2.91. The number of hydrogen-bond donors (Lipinski definition) is 1. The number of nitrogens with zero attached hydrogens (tertiary/aromatic N) is 3. The van der Waals surface area contributed by atoms with Crippen LogP contribution in [-0.4, -0.2) is 36.2 Å². The maximum Gasteiger partial charge on any atom is 0.200 e. The molecule has 0 aromatic carbocycles. The van der Waals surface area contributed by atoms with Crippen LogP contribution in [0.3, 0.4) is 0 Å². The number of aromatic nitrogens is 2. The summed E-state index contributed by atoms with van der Waals surface area (Å²) in [6, 6.07) is 0. The lowest BCUT2D eigenvalue weighted by atomic mass is 10.5. The fraction of sp³-hybridized carbons (Fsp3) is 0.429. The van der Waals surface area contributed by atoms with Crippen molar-refractivity contribution in [3.05, 3.63) is 11.5 Å². The molecule has 0 amide bonds. The number of hydrazine groups is 1. The van der Waals surface area contributed by atoms with Crippen molar-refractivity contribution in [2.24, 2.45) is 0 Å². The number of nitrogens with one attached hydrogen (secondary N) is 1. The highest BCUT2D eigenvalue weighted by atomic mass is 35.5. The van der Waals surface area contributed by atoms with Crippen LogP contribution in [0.25, 0.3) is 0 Å². The molecule has 0 aliphatic rings. The van der Waals surface area contributed by atoms with E-state index in [1.54, 1.807) is 5.01 Å². The van der Waals surface area contributed by atoms with Crippen molar-refractivity contribution >= 4 is 17.4 Å². The molecule has 1 aromatic heterocycles. The predicted octanol–water partition coefficient (Wildman–Crippen LogP) is 1.03. The topological polar surface area (TPSA) is 50.3 Å². The van der Waals surface area contributed by atoms with E-state index in [1.807, 2.05) is 14.1 Å². The van der Waals surface area contributed by atoms with Gasteiger partial charge in [-0.25, -0.2) is 15.0 Å². The number of halogens is 1. The van der Waals surface area contributed by atoms with Gasteiger partial charge in [0.25, 0.3) is 0 Å². The zero-order valence-corrected chi connectivity index (χ0v) is 8.46. The van der Waals surface area contributed by atoms with Gasteiger partial charge in [-0.2, -0.15) is 0 Å². The molecule has 1 rings (SSSR count). The summed E-state index contributed by atoms with van der Waals surface area (Å²) >= 11 is 5.78. The SMILES string of the molecule is COc1c(Cl)ncnc1NN(C)C. The van der Waals surface area contributed by atoms with Crippen LogP contribution in [0.4, 0.5) is 5.82 Å². The molecule has 5 nitrogen and oxygen atoms in total. The molecule has 0 saturated heterocycles. The van der Waals surface area contributed by atoms with Gasteiger partial charge in [0, 0.05) is 14.1 Å². The van der Waals surface area contributed by atoms with E-state index in [0.29, 0.717) is 16.7 Å². The van der Waals surface area contributed by atoms with Crippen LogP contribution in [0.1, 0.15) is 0 Å². The zero-order valence-electron chi connectivity index (χ0n) is 7.71. The van der Waals surface area contributed by atoms with Crippen molar-refractivity contribution < 1.29 is 4.74 Å². The maximum atomic E-state index is 5.78. The van der Waals surface area contributed by atoms with E-state index in [2.05, 4.69) is 15.4 Å². The summed E-state index contributed by atoms with van der Waals surface area (Å²) in [5.41, 5.74) is 2.94. The van der Waals surface area contributed by atoms with Crippen molar-refractivity contribution in [1.82, 2.24) is 15.0 Å². The van der Waals surface area contributed by atoms with Gasteiger partial charge in [0.15, 0.2) is 16.7 Å². The van der Waals surface area contributed by atoms with Crippen LogP contribution in [0.15, 0.2) is 6.33 Å². The van der Waals surface area contributed by atoms with E-state index in [-0.39, 0.29) is 0 Å². The number of ether oxygens (including phenoxy) is 1. The highest BCUT2D eigenvalue weighted by molar-refractivity contribution is 6.31. The quantitative estimate of drug-likeness (QED) is 0.586. The minimum Gasteiger partial charge on any atom is -0.490 e. The van der Waals surface area contributed by atoms with Crippen molar-refractivity contribution in [2.45, 2.75) is 0 Å². The van der Waals surface area contributed by atoms with Gasteiger partial charge in [-0.15, -0.1) is 0 Å². The molecule has 0 fully saturated rings. The summed E-state index contributed by atoms with van der Waals surface area (Å²) in [5.74, 6) is 0.991. The minimum absolute atomic E-state index is 0.293. The van der Waals surface area contributed by atoms with E-state index < -0.39 is 0 Å². The minimum atomic E-state index is 0.293. The van der Waals surface area contributed by atoms with Crippen LogP contribution in [0, 0.1) is 0 Å². The second-order valence-electron chi connectivity index (χ2n) is 2.55. The first kappa shape index (κ1) is 10.0. The molecule has 13 heavy (non-hydrogen) atoms. The summed E-state index contributed by atoms with van der Waals surface area (Å²) in [7, 11) is 5.20. The molecule has 0 aliphatic carbocycles. The van der Waals surface area contributed by atoms with E-state index >= 15 is 0 Å². The standard InChI is InChI=1S/C7H11ClN4O/c1-12(2)11-7-5(13-3)6(8)9-4-10-7/h4H,1-3H3,(H,9,10,11). The van der Waals surface area contributed by atoms with Crippen LogP contribution in [0.2, 0.25) is 5.15 Å². The largest absolute Gasteiger partial charge is 0.490 e. The Labute approximate surface area is 81.7 Å². The fourth-order valence-corrected chi connectivity index (χ4v) is 1.03. The Kier molecular flexibility index (Phi) is 3.27. The summed E-state index contributed by atoms with van der Waals surface area (Å²) in [4.78, 5) is 7.77. The summed E-state index contributed by atoms with van der Waals surface area (Å²) in [6.07, 6.45) is 1.37. The van der Waals surface area contributed by atoms with Crippen LogP contribution < -0.4 is 10.2 Å². The first-order chi connectivity index (χ1) is 6.15. The third-order valence-corrected chi connectivity index (χ3v) is 1.56. The molecule has 1 N–H and O–H groups in total. The Morgan fingerprint density at radius 1 is 1.46 bits per heavy atom. The van der Waals surface area contributed by atoms with Crippen molar-refractivity contribution in [3.63, 3.8) is 0 Å². The third-order valence-electron chi connectivity index (χ3n) is 1.29. The first-order valence-corrected chi connectivity index (χ1v) is 4.01. The second kappa shape index (κ2) is 4.25. The third kappa shape index (κ3) is 2.43. The van der Waals surface area contributed by atoms with Gasteiger partial charge in [-0.3, -0.25) is 0 Å². The van der Waals surface area contributed by atoms with Crippen molar-refractivity contribution in [3.8, 4) is 5.75 Å². The van der Waals surface area contributed by atoms with Gasteiger partial charge in [0.05, 0.1) is 7.11 Å². The van der Waals surface area contributed by atoms with E-state index in [0.717, 1.165) is 0 Å². The van der Waals surface area contributed by atoms with E-state index in [4.69, 9.17) is 16.3 Å². The number of hydrogen-bond acceptors (Lipinski definition) is 5. The Morgan fingerprint density at radius 2 is 2.15 bits per heavy atom. The molecule has 6 heteroatoms. The molecule has 1 heterocycles. The van der Waals surface area contributed by atoms with Crippen LogP contribution in [-0.2, 0) is 0 Å². The Balaban J connectivity index is 2.98. The lowest BCUT2D eigenvalue weighted by Crippen LogP contribution is -2.21. The maximum absolute atomic E-state index is 5.78. The lowest BCUT2D eigenvalue weighted by Gasteiger charge is -2.14. The highest BCUT2D eigenvalue weighted by Crippen LogP contribution is 2.28. The molecule has 0 atom stereocenters. The Bertz CT molecular complexity index is 292.